The molecule has 4 rings (SSSR count). The number of nitriles is 1. The van der Waals surface area contributed by atoms with Gasteiger partial charge in [-0.2, -0.15) is 5.26 Å². The molecule has 0 aromatic heterocycles. The minimum absolute atomic E-state index is 0.0120. The molecule has 2 aromatic rings. The quantitative estimate of drug-likeness (QED) is 0.483. The molecule has 0 amide bonds. The summed E-state index contributed by atoms with van der Waals surface area (Å²) < 4.78 is 15.0. The van der Waals surface area contributed by atoms with E-state index in [1.807, 2.05) is 19.9 Å². The number of Topliss-reactive ketones (excluding diaryl/α,β-unsaturated/α-hetero) is 1. The van der Waals surface area contributed by atoms with Gasteiger partial charge in [-0.05, 0) is 30.0 Å². The molecule has 0 bridgehead atoms. The van der Waals surface area contributed by atoms with Crippen LogP contribution in [0.15, 0.2) is 65.1 Å². The van der Waals surface area contributed by atoms with Crippen molar-refractivity contribution in [3.05, 3.63) is 91.6 Å². The van der Waals surface area contributed by atoms with Crippen LogP contribution in [0.3, 0.4) is 0 Å². The Labute approximate surface area is 194 Å². The second kappa shape index (κ2) is 8.01. The van der Waals surface area contributed by atoms with Gasteiger partial charge in [0.15, 0.2) is 5.78 Å². The summed E-state index contributed by atoms with van der Waals surface area (Å²) in [6, 6.07) is 12.0. The molecule has 7 nitrogen and oxygen atoms in total. The van der Waals surface area contributed by atoms with Gasteiger partial charge in [-0.3, -0.25) is 19.8 Å². The highest BCUT2D eigenvalue weighted by Crippen LogP contribution is 2.51. The zero-order valence-electron chi connectivity index (χ0n) is 17.9. The molecule has 2 N–H and O–H groups in total. The molecule has 0 saturated carbocycles. The molecule has 0 radical (unpaired) electrons. The molecule has 2 aliphatic rings. The monoisotopic (exact) mass is 466 g/mol. The Morgan fingerprint density at radius 3 is 2.61 bits per heavy atom. The largest absolute Gasteiger partial charge is 0.384 e. The maximum absolute atomic E-state index is 15.0. The molecule has 0 saturated heterocycles. The van der Waals surface area contributed by atoms with Crippen LogP contribution in [0.1, 0.15) is 38.2 Å². The van der Waals surface area contributed by atoms with Gasteiger partial charge in [0, 0.05) is 40.4 Å². The van der Waals surface area contributed by atoms with Crippen LogP contribution in [-0.2, 0) is 4.79 Å². The number of halogens is 2. The molecule has 1 aliphatic carbocycles. The Morgan fingerprint density at radius 1 is 1.27 bits per heavy atom. The smallest absolute Gasteiger partial charge is 0.271 e. The van der Waals surface area contributed by atoms with Crippen molar-refractivity contribution >= 4 is 28.8 Å². The predicted molar refractivity (Wildman–Crippen MR) is 122 cm³/mol. The first-order valence-corrected chi connectivity index (χ1v) is 10.6. The van der Waals surface area contributed by atoms with Crippen LogP contribution in [0.2, 0.25) is 5.02 Å². The van der Waals surface area contributed by atoms with E-state index in [0.29, 0.717) is 17.8 Å². The van der Waals surface area contributed by atoms with Gasteiger partial charge in [0.1, 0.15) is 11.6 Å². The molecular weight excluding hydrogens is 447 g/mol. The minimum Gasteiger partial charge on any atom is -0.384 e. The Bertz CT molecular complexity index is 1290. The minimum atomic E-state index is -1.07. The number of anilines is 1. The summed E-state index contributed by atoms with van der Waals surface area (Å²) in [6.45, 7) is 3.84. The highest BCUT2D eigenvalue weighted by atomic mass is 35.5. The average molecular weight is 467 g/mol. The number of carbonyl (C=O) groups is 1. The molecule has 2 aromatic carbocycles. The van der Waals surface area contributed by atoms with Crippen molar-refractivity contribution in [1.29, 1.82) is 5.26 Å². The molecule has 0 spiro atoms. The SMILES string of the molecule is CC1(C)CC(=O)C2=C(C1)N(c1cccc([N+](=O)[O-])c1)C(N)=C(C#N)C2c1c(F)cccc1Cl. The van der Waals surface area contributed by atoms with Crippen molar-refractivity contribution in [2.45, 2.75) is 32.6 Å². The van der Waals surface area contributed by atoms with Crippen molar-refractivity contribution in [2.75, 3.05) is 4.90 Å². The number of ketones is 1. The maximum Gasteiger partial charge on any atom is 0.271 e. The molecular formula is C24H20ClFN4O3. The number of hydrogen-bond donors (Lipinski definition) is 1. The highest BCUT2D eigenvalue weighted by molar-refractivity contribution is 6.31. The van der Waals surface area contributed by atoms with Crippen LogP contribution in [0.4, 0.5) is 15.8 Å². The second-order valence-corrected chi connectivity index (χ2v) is 9.30. The third kappa shape index (κ3) is 3.74. The highest BCUT2D eigenvalue weighted by Gasteiger charge is 2.46. The van der Waals surface area contributed by atoms with Crippen LogP contribution in [-0.4, -0.2) is 10.7 Å². The third-order valence-corrected chi connectivity index (χ3v) is 6.30. The molecule has 0 fully saturated rings. The Kier molecular flexibility index (Phi) is 5.46. The van der Waals surface area contributed by atoms with E-state index in [-0.39, 0.29) is 45.4 Å². The van der Waals surface area contributed by atoms with E-state index in [1.165, 1.54) is 41.3 Å². The molecule has 168 valence electrons. The Morgan fingerprint density at radius 2 is 1.97 bits per heavy atom. The number of nitrogens with two attached hydrogens (primary N) is 1. The lowest BCUT2D eigenvalue weighted by molar-refractivity contribution is -0.384. The summed E-state index contributed by atoms with van der Waals surface area (Å²) in [6.07, 6.45) is 0.578. The van der Waals surface area contributed by atoms with Crippen molar-refractivity contribution in [3.8, 4) is 6.07 Å². The van der Waals surface area contributed by atoms with Crippen LogP contribution >= 0.6 is 11.6 Å². The number of benzene rings is 2. The first-order chi connectivity index (χ1) is 15.6. The summed E-state index contributed by atoms with van der Waals surface area (Å²) in [7, 11) is 0. The van der Waals surface area contributed by atoms with Crippen LogP contribution in [0.25, 0.3) is 0 Å². The summed E-state index contributed by atoms with van der Waals surface area (Å²) in [4.78, 5) is 25.8. The molecule has 1 heterocycles. The van der Waals surface area contributed by atoms with Crippen molar-refractivity contribution in [3.63, 3.8) is 0 Å². The lowest BCUT2D eigenvalue weighted by atomic mass is 9.68. The number of nitro groups is 1. The normalized spacial score (nSPS) is 19.9. The Hall–Kier alpha value is -3.70. The van der Waals surface area contributed by atoms with E-state index < -0.39 is 22.1 Å². The van der Waals surface area contributed by atoms with Crippen molar-refractivity contribution < 1.29 is 14.1 Å². The number of allylic oxidation sites excluding steroid dienone is 3. The van der Waals surface area contributed by atoms with E-state index in [0.717, 1.165) is 0 Å². The summed E-state index contributed by atoms with van der Waals surface area (Å²) in [5.41, 5.74) is 6.88. The molecule has 1 aliphatic heterocycles. The number of hydrogen-bond acceptors (Lipinski definition) is 6. The van der Waals surface area contributed by atoms with Crippen LogP contribution < -0.4 is 10.6 Å². The molecule has 33 heavy (non-hydrogen) atoms. The van der Waals surface area contributed by atoms with Gasteiger partial charge < -0.3 is 5.73 Å². The molecule has 1 atom stereocenters. The standard InChI is InChI=1S/C24H20ClFN4O3/c1-24(2)10-18-22(19(31)11-24)20(21-16(25)7-4-8-17(21)26)15(12-27)23(28)29(18)13-5-3-6-14(9-13)30(32)33/h3-9,20H,10-11,28H2,1-2H3. The zero-order valence-corrected chi connectivity index (χ0v) is 18.7. The van der Waals surface area contributed by atoms with E-state index >= 15 is 0 Å². The third-order valence-electron chi connectivity index (χ3n) is 5.97. The second-order valence-electron chi connectivity index (χ2n) is 8.89. The topological polar surface area (TPSA) is 113 Å². The maximum atomic E-state index is 15.0. The van der Waals surface area contributed by atoms with E-state index in [2.05, 4.69) is 0 Å². The predicted octanol–water partition coefficient (Wildman–Crippen LogP) is 5.33. The number of rotatable bonds is 3. The average Bonchev–Trinajstić information content (AvgIpc) is 2.72. The van der Waals surface area contributed by atoms with Gasteiger partial charge in [-0.25, -0.2) is 4.39 Å². The lowest BCUT2D eigenvalue weighted by Gasteiger charge is -2.43. The van der Waals surface area contributed by atoms with Gasteiger partial charge >= 0.3 is 0 Å². The lowest BCUT2D eigenvalue weighted by Crippen LogP contribution is -2.42. The first kappa shape index (κ1) is 22.5. The number of nitrogens with zero attached hydrogens (tertiary/aromatic N) is 3. The summed E-state index contributed by atoms with van der Waals surface area (Å²) in [5, 5.41) is 21.5. The zero-order chi connectivity index (χ0) is 24.1. The van der Waals surface area contributed by atoms with E-state index in [4.69, 9.17) is 17.3 Å². The van der Waals surface area contributed by atoms with Gasteiger partial charge in [0.2, 0.25) is 0 Å². The fraction of sp³-hybridized carbons (Fsp3) is 0.250. The van der Waals surface area contributed by atoms with Crippen molar-refractivity contribution in [2.24, 2.45) is 11.1 Å². The van der Waals surface area contributed by atoms with Crippen LogP contribution in [0.5, 0.6) is 0 Å². The number of nitro benzene ring substituents is 1. The fourth-order valence-corrected chi connectivity index (χ4v) is 4.90. The fourth-order valence-electron chi connectivity index (χ4n) is 4.62. The molecule has 9 heteroatoms. The number of carbonyl (C=O) groups excluding carboxylic acids is 1. The summed E-state index contributed by atoms with van der Waals surface area (Å²) >= 11 is 6.34. The number of non-ortho nitro benzene ring substituents is 1. The first-order valence-electron chi connectivity index (χ1n) is 10.2. The van der Waals surface area contributed by atoms with E-state index in [1.54, 1.807) is 6.07 Å². The van der Waals surface area contributed by atoms with Gasteiger partial charge in [0.05, 0.1) is 28.2 Å². The van der Waals surface area contributed by atoms with Crippen molar-refractivity contribution in [1.82, 2.24) is 0 Å². The van der Waals surface area contributed by atoms with Gasteiger partial charge in [-0.1, -0.05) is 37.6 Å². The van der Waals surface area contributed by atoms with Gasteiger partial charge in [-0.15, -0.1) is 0 Å². The Balaban J connectivity index is 2.05. The summed E-state index contributed by atoms with van der Waals surface area (Å²) in [5.74, 6) is -1.99. The molecule has 1 unspecified atom stereocenters. The van der Waals surface area contributed by atoms with Gasteiger partial charge in [0.25, 0.3) is 5.69 Å². The van der Waals surface area contributed by atoms with E-state index in [9.17, 15) is 24.6 Å². The van der Waals surface area contributed by atoms with Crippen LogP contribution in [0, 0.1) is 32.7 Å².